The molecule has 0 unspecified atom stereocenters. The fraction of sp³-hybridized carbons (Fsp3) is 0.318. The molecule has 4 rings (SSSR count). The zero-order chi connectivity index (χ0) is 21.3. The van der Waals surface area contributed by atoms with Crippen LogP contribution in [0.15, 0.2) is 48.5 Å². The molecule has 8 heteroatoms. The lowest BCUT2D eigenvalue weighted by molar-refractivity contribution is -0.152. The summed E-state index contributed by atoms with van der Waals surface area (Å²) in [5.41, 5.74) is 1.36. The normalized spacial score (nSPS) is 21.1. The average Bonchev–Trinajstić information content (AvgIpc) is 2.78. The molecule has 2 atom stereocenters. The number of phenolic OH excluding ortho intramolecular Hbond substituents is 1. The van der Waals surface area contributed by atoms with Crippen molar-refractivity contribution in [2.45, 2.75) is 18.5 Å². The molecule has 0 saturated carbocycles. The van der Waals surface area contributed by atoms with Crippen LogP contribution in [0.4, 0.5) is 0 Å². The van der Waals surface area contributed by atoms with E-state index in [-0.39, 0.29) is 30.0 Å². The Hall–Kier alpha value is -3.55. The molecule has 0 radical (unpaired) electrons. The van der Waals surface area contributed by atoms with Gasteiger partial charge in [-0.05, 0) is 42.0 Å². The van der Waals surface area contributed by atoms with Gasteiger partial charge >= 0.3 is 0 Å². The third-order valence-electron chi connectivity index (χ3n) is 5.58. The van der Waals surface area contributed by atoms with E-state index in [0.29, 0.717) is 30.8 Å². The van der Waals surface area contributed by atoms with E-state index >= 15 is 0 Å². The lowest BCUT2D eigenvalue weighted by Gasteiger charge is -2.45. The number of piperazine rings is 2. The standard InChI is InChI=1S/C22H23N3O5/c1-30-17-8-4-15(5-9-17)21(28)24-10-11-25-19(13-24)20(27)23-18(22(25)29)12-14-2-6-16(26)7-3-14/h2-9,18-19,26H,10-13H2,1H3,(H,23,27)/t18-,19+/m0/s1. The maximum Gasteiger partial charge on any atom is 0.254 e. The number of hydrogen-bond acceptors (Lipinski definition) is 5. The Morgan fingerprint density at radius 3 is 2.47 bits per heavy atom. The molecule has 2 N–H and O–H groups in total. The fourth-order valence-electron chi connectivity index (χ4n) is 3.91. The van der Waals surface area contributed by atoms with E-state index < -0.39 is 12.1 Å². The van der Waals surface area contributed by atoms with Crippen LogP contribution >= 0.6 is 0 Å². The van der Waals surface area contributed by atoms with Crippen LogP contribution in [0.2, 0.25) is 0 Å². The van der Waals surface area contributed by atoms with E-state index in [2.05, 4.69) is 5.32 Å². The molecule has 0 aliphatic carbocycles. The van der Waals surface area contributed by atoms with Crippen molar-refractivity contribution in [3.05, 3.63) is 59.7 Å². The van der Waals surface area contributed by atoms with E-state index in [1.807, 2.05) is 0 Å². The van der Waals surface area contributed by atoms with Crippen molar-refractivity contribution in [2.24, 2.45) is 0 Å². The van der Waals surface area contributed by atoms with Gasteiger partial charge in [-0.3, -0.25) is 14.4 Å². The number of rotatable bonds is 4. The van der Waals surface area contributed by atoms with Gasteiger partial charge in [-0.1, -0.05) is 12.1 Å². The second-order valence-electron chi connectivity index (χ2n) is 7.46. The highest BCUT2D eigenvalue weighted by atomic mass is 16.5. The molecule has 0 aromatic heterocycles. The molecular weight excluding hydrogens is 386 g/mol. The number of methoxy groups -OCH3 is 1. The van der Waals surface area contributed by atoms with Crippen molar-refractivity contribution in [1.82, 2.24) is 15.1 Å². The number of nitrogens with one attached hydrogen (secondary N) is 1. The van der Waals surface area contributed by atoms with E-state index in [4.69, 9.17) is 4.74 Å². The molecule has 2 aliphatic rings. The predicted molar refractivity (Wildman–Crippen MR) is 108 cm³/mol. The van der Waals surface area contributed by atoms with Crippen LogP contribution in [0.25, 0.3) is 0 Å². The molecule has 2 fully saturated rings. The number of fused-ring (bicyclic) bond motifs is 1. The Morgan fingerprint density at radius 2 is 1.80 bits per heavy atom. The van der Waals surface area contributed by atoms with Crippen molar-refractivity contribution < 1.29 is 24.2 Å². The molecular formula is C22H23N3O5. The molecule has 156 valence electrons. The smallest absolute Gasteiger partial charge is 0.254 e. The van der Waals surface area contributed by atoms with E-state index in [1.165, 1.54) is 0 Å². The monoisotopic (exact) mass is 409 g/mol. The lowest BCUT2D eigenvalue weighted by atomic mass is 9.98. The number of carbonyl (C=O) groups excluding carboxylic acids is 3. The molecule has 8 nitrogen and oxygen atoms in total. The minimum absolute atomic E-state index is 0.149. The van der Waals surface area contributed by atoms with Crippen LogP contribution in [-0.2, 0) is 16.0 Å². The highest BCUT2D eigenvalue weighted by Crippen LogP contribution is 2.21. The van der Waals surface area contributed by atoms with Crippen LogP contribution in [0.5, 0.6) is 11.5 Å². The van der Waals surface area contributed by atoms with E-state index in [0.717, 1.165) is 5.56 Å². The summed E-state index contributed by atoms with van der Waals surface area (Å²) in [4.78, 5) is 41.7. The zero-order valence-electron chi connectivity index (χ0n) is 16.6. The van der Waals surface area contributed by atoms with Gasteiger partial charge in [0.25, 0.3) is 5.91 Å². The highest BCUT2D eigenvalue weighted by molar-refractivity contribution is 5.99. The first kappa shape index (κ1) is 19.8. The summed E-state index contributed by atoms with van der Waals surface area (Å²) in [6.45, 7) is 0.839. The van der Waals surface area contributed by atoms with Gasteiger partial charge in [0.1, 0.15) is 23.6 Å². The van der Waals surface area contributed by atoms with Crippen molar-refractivity contribution in [3.63, 3.8) is 0 Å². The van der Waals surface area contributed by atoms with Crippen LogP contribution in [0.3, 0.4) is 0 Å². The van der Waals surface area contributed by atoms with Gasteiger partial charge in [0, 0.05) is 25.1 Å². The molecule has 2 aromatic carbocycles. The van der Waals surface area contributed by atoms with Gasteiger partial charge in [0.15, 0.2) is 0 Å². The number of carbonyl (C=O) groups is 3. The van der Waals surface area contributed by atoms with Gasteiger partial charge in [0.2, 0.25) is 11.8 Å². The number of phenols is 1. The minimum Gasteiger partial charge on any atom is -0.508 e. The third kappa shape index (κ3) is 3.80. The summed E-state index contributed by atoms with van der Waals surface area (Å²) in [6.07, 6.45) is 0.350. The molecule has 2 aliphatic heterocycles. The van der Waals surface area contributed by atoms with Crippen molar-refractivity contribution in [1.29, 1.82) is 0 Å². The molecule has 0 bridgehead atoms. The Morgan fingerprint density at radius 1 is 1.10 bits per heavy atom. The summed E-state index contributed by atoms with van der Waals surface area (Å²) in [7, 11) is 1.56. The SMILES string of the molecule is COc1ccc(C(=O)N2CCN3C(=O)[C@H](Cc4ccc(O)cc4)NC(=O)[C@H]3C2)cc1. The van der Waals surface area contributed by atoms with Crippen LogP contribution in [0, 0.1) is 0 Å². The molecule has 2 heterocycles. The lowest BCUT2D eigenvalue weighted by Crippen LogP contribution is -2.70. The van der Waals surface area contributed by atoms with E-state index in [9.17, 15) is 19.5 Å². The number of ether oxygens (including phenoxy) is 1. The molecule has 30 heavy (non-hydrogen) atoms. The summed E-state index contributed by atoms with van der Waals surface area (Å²) < 4.78 is 5.11. The van der Waals surface area contributed by atoms with Crippen LogP contribution < -0.4 is 10.1 Å². The second kappa shape index (κ2) is 8.06. The zero-order valence-corrected chi connectivity index (χ0v) is 16.6. The first-order valence-corrected chi connectivity index (χ1v) is 9.78. The van der Waals surface area contributed by atoms with Crippen molar-refractivity contribution in [2.75, 3.05) is 26.7 Å². The Kier molecular flexibility index (Phi) is 5.31. The van der Waals surface area contributed by atoms with Gasteiger partial charge in [-0.15, -0.1) is 0 Å². The number of amides is 3. The highest BCUT2D eigenvalue weighted by Gasteiger charge is 2.44. The largest absolute Gasteiger partial charge is 0.508 e. The molecule has 2 aromatic rings. The van der Waals surface area contributed by atoms with Gasteiger partial charge in [0.05, 0.1) is 13.7 Å². The molecule has 0 spiro atoms. The first-order valence-electron chi connectivity index (χ1n) is 9.78. The van der Waals surface area contributed by atoms with E-state index in [1.54, 1.807) is 65.4 Å². The first-order chi connectivity index (χ1) is 14.5. The van der Waals surface area contributed by atoms with Crippen LogP contribution in [-0.4, -0.2) is 71.5 Å². The van der Waals surface area contributed by atoms with Crippen LogP contribution in [0.1, 0.15) is 15.9 Å². The summed E-state index contributed by atoms with van der Waals surface area (Å²) in [6, 6.07) is 12.0. The topological polar surface area (TPSA) is 99.2 Å². The minimum atomic E-state index is -0.690. The number of nitrogens with zero attached hydrogens (tertiary/aromatic N) is 2. The number of benzene rings is 2. The summed E-state index contributed by atoms with van der Waals surface area (Å²) >= 11 is 0. The second-order valence-corrected chi connectivity index (χ2v) is 7.46. The van der Waals surface area contributed by atoms with Gasteiger partial charge < -0.3 is 25.0 Å². The van der Waals surface area contributed by atoms with Gasteiger partial charge in [-0.25, -0.2) is 0 Å². The molecule has 2 saturated heterocycles. The van der Waals surface area contributed by atoms with Gasteiger partial charge in [-0.2, -0.15) is 0 Å². The summed E-state index contributed by atoms with van der Waals surface area (Å²) in [5.74, 6) is 0.224. The maximum atomic E-state index is 12.9. The Balaban J connectivity index is 1.43. The average molecular weight is 409 g/mol. The Labute approximate surface area is 174 Å². The third-order valence-corrected chi connectivity index (χ3v) is 5.58. The predicted octanol–water partition coefficient (Wildman–Crippen LogP) is 0.795. The number of aromatic hydroxyl groups is 1. The van der Waals surface area contributed by atoms with Crippen molar-refractivity contribution in [3.8, 4) is 11.5 Å². The van der Waals surface area contributed by atoms with Crippen molar-refractivity contribution >= 4 is 17.7 Å². The quantitative estimate of drug-likeness (QED) is 0.778. The Bertz CT molecular complexity index is 958. The number of hydrogen-bond donors (Lipinski definition) is 2. The maximum absolute atomic E-state index is 12.9. The summed E-state index contributed by atoms with van der Waals surface area (Å²) in [5, 5.41) is 12.2. The molecule has 3 amide bonds. The fourth-order valence-corrected chi connectivity index (χ4v) is 3.91.